The summed E-state index contributed by atoms with van der Waals surface area (Å²) in [4.78, 5) is 0. The number of aryl methyl sites for hydroxylation is 3. The molecular weight excluding hydrogens is 539 g/mol. The van der Waals surface area contributed by atoms with Gasteiger partial charge in [0, 0.05) is 11.8 Å². The van der Waals surface area contributed by atoms with E-state index in [1.54, 1.807) is 0 Å². The van der Waals surface area contributed by atoms with Crippen LogP contribution in [-0.4, -0.2) is 6.71 Å². The van der Waals surface area contributed by atoms with Gasteiger partial charge in [-0.1, -0.05) is 167 Å². The van der Waals surface area contributed by atoms with Gasteiger partial charge in [-0.25, -0.2) is 0 Å². The Morgan fingerprint density at radius 1 is 0.689 bits per heavy atom. The maximum absolute atomic E-state index is 2.51. The van der Waals surface area contributed by atoms with Gasteiger partial charge in [-0.05, 0) is 82.0 Å². The van der Waals surface area contributed by atoms with Crippen LogP contribution in [0.1, 0.15) is 56.8 Å². The molecule has 0 nitrogen and oxygen atoms in total. The highest BCUT2D eigenvalue weighted by atomic mass is 14.4. The van der Waals surface area contributed by atoms with Crippen LogP contribution in [0, 0.1) is 19.8 Å². The third kappa shape index (κ3) is 4.14. The molecule has 0 aromatic heterocycles. The number of allylic oxidation sites excluding steroid dienone is 7. The molecule has 4 aliphatic carbocycles. The zero-order valence-corrected chi connectivity index (χ0v) is 25.9. The Hall–Kier alpha value is -4.88. The first-order valence-electron chi connectivity index (χ1n) is 16.4. The molecule has 0 radical (unpaired) electrons. The maximum atomic E-state index is 2.51. The van der Waals surface area contributed by atoms with Crippen LogP contribution >= 0.6 is 0 Å². The molecule has 45 heavy (non-hydrogen) atoms. The van der Waals surface area contributed by atoms with Crippen molar-refractivity contribution in [2.75, 3.05) is 0 Å². The molecular formula is C44H35B. The Kier molecular flexibility index (Phi) is 6.10. The van der Waals surface area contributed by atoms with Gasteiger partial charge >= 0.3 is 0 Å². The van der Waals surface area contributed by atoms with Gasteiger partial charge in [-0.3, -0.25) is 0 Å². The second-order valence-electron chi connectivity index (χ2n) is 13.2. The molecule has 214 valence electrons. The largest absolute Gasteiger partial charge is 0.243 e. The topological polar surface area (TPSA) is 0 Å². The molecule has 0 bridgehead atoms. The Balaban J connectivity index is 1.26. The van der Waals surface area contributed by atoms with Crippen molar-refractivity contribution in [2.45, 2.75) is 32.6 Å². The summed E-state index contributed by atoms with van der Waals surface area (Å²) in [5, 5.41) is 2.65. The molecule has 0 N–H and O–H groups in total. The van der Waals surface area contributed by atoms with Crippen LogP contribution in [0.2, 0.25) is 0 Å². The smallest absolute Gasteiger partial charge is 0.0836 e. The van der Waals surface area contributed by atoms with Crippen LogP contribution in [0.15, 0.2) is 127 Å². The molecule has 0 heterocycles. The number of fused-ring (bicyclic) bond motifs is 2. The fourth-order valence-electron chi connectivity index (χ4n) is 8.63. The molecule has 9 rings (SSSR count). The molecule has 2 atom stereocenters. The summed E-state index contributed by atoms with van der Waals surface area (Å²) in [7, 11) is 0. The fourth-order valence-corrected chi connectivity index (χ4v) is 8.63. The highest BCUT2D eigenvalue weighted by Crippen LogP contribution is 2.51. The normalized spacial score (nSPS) is 18.7. The molecule has 0 amide bonds. The first-order valence-corrected chi connectivity index (χ1v) is 16.4. The lowest BCUT2D eigenvalue weighted by atomic mass is 9.34. The lowest BCUT2D eigenvalue weighted by molar-refractivity contribution is 0.681. The number of benzene rings is 5. The van der Waals surface area contributed by atoms with Crippen LogP contribution in [-0.2, 0) is 6.42 Å². The Bertz CT molecular complexity index is 2200. The number of hydrogen-bond acceptors (Lipinski definition) is 0. The van der Waals surface area contributed by atoms with Crippen LogP contribution < -0.4 is 16.4 Å². The van der Waals surface area contributed by atoms with Gasteiger partial charge in [0.2, 0.25) is 6.71 Å². The van der Waals surface area contributed by atoms with E-state index in [4.69, 9.17) is 0 Å². The highest BCUT2D eigenvalue weighted by Gasteiger charge is 2.37. The van der Waals surface area contributed by atoms with Crippen molar-refractivity contribution in [3.63, 3.8) is 0 Å². The van der Waals surface area contributed by atoms with E-state index >= 15 is 0 Å². The van der Waals surface area contributed by atoms with Crippen molar-refractivity contribution in [3.8, 4) is 0 Å². The van der Waals surface area contributed by atoms with Crippen molar-refractivity contribution >= 4 is 57.7 Å². The van der Waals surface area contributed by atoms with E-state index in [0.717, 1.165) is 12.8 Å². The van der Waals surface area contributed by atoms with Crippen molar-refractivity contribution in [1.29, 1.82) is 0 Å². The molecule has 0 saturated heterocycles. The fraction of sp³-hybridized carbons (Fsp3) is 0.136. The van der Waals surface area contributed by atoms with Gasteiger partial charge in [0.05, 0.1) is 0 Å². The van der Waals surface area contributed by atoms with E-state index in [1.165, 1.54) is 82.8 Å². The second-order valence-corrected chi connectivity index (χ2v) is 13.2. The summed E-state index contributed by atoms with van der Waals surface area (Å²) >= 11 is 0. The third-order valence-corrected chi connectivity index (χ3v) is 10.7. The first-order chi connectivity index (χ1) is 22.2. The lowest BCUT2D eigenvalue weighted by Crippen LogP contribution is -2.55. The van der Waals surface area contributed by atoms with E-state index in [1.807, 2.05) is 0 Å². The van der Waals surface area contributed by atoms with E-state index < -0.39 is 0 Å². The molecule has 5 aromatic rings. The second kappa shape index (κ2) is 10.4. The Morgan fingerprint density at radius 3 is 2.44 bits per heavy atom. The molecule has 0 aliphatic heterocycles. The van der Waals surface area contributed by atoms with Crippen molar-refractivity contribution in [3.05, 3.63) is 171 Å². The minimum Gasteiger partial charge on any atom is -0.0836 e. The molecule has 2 unspecified atom stereocenters. The van der Waals surface area contributed by atoms with E-state index in [0.29, 0.717) is 11.8 Å². The minimum atomic E-state index is 0.121. The van der Waals surface area contributed by atoms with Gasteiger partial charge in [0.15, 0.2) is 0 Å². The minimum absolute atomic E-state index is 0.121. The highest BCUT2D eigenvalue weighted by molar-refractivity contribution is 6.97. The van der Waals surface area contributed by atoms with E-state index in [2.05, 4.69) is 153 Å². The summed E-state index contributed by atoms with van der Waals surface area (Å²) < 4.78 is 0. The summed E-state index contributed by atoms with van der Waals surface area (Å²) in [5.74, 6) is 0.699. The van der Waals surface area contributed by atoms with Gasteiger partial charge in [0.1, 0.15) is 0 Å². The Labute approximate surface area is 266 Å². The molecule has 0 fully saturated rings. The van der Waals surface area contributed by atoms with Crippen molar-refractivity contribution < 1.29 is 0 Å². The zero-order valence-electron chi connectivity index (χ0n) is 25.9. The summed E-state index contributed by atoms with van der Waals surface area (Å²) in [6, 6.07) is 34.5. The quantitative estimate of drug-likeness (QED) is 0.188. The molecule has 0 saturated carbocycles. The molecule has 0 spiro atoms. The monoisotopic (exact) mass is 574 g/mol. The average Bonchev–Trinajstić information content (AvgIpc) is 3.09. The van der Waals surface area contributed by atoms with Crippen LogP contribution in [0.4, 0.5) is 0 Å². The van der Waals surface area contributed by atoms with Crippen molar-refractivity contribution in [1.82, 2.24) is 0 Å². The first kappa shape index (κ1) is 26.5. The van der Waals surface area contributed by atoms with Crippen LogP contribution in [0.5, 0.6) is 0 Å². The molecule has 4 aliphatic rings. The third-order valence-electron chi connectivity index (χ3n) is 10.7. The SMILES string of the molecule is Cc1ccc2c(c1B(c1cccc(C3=CC=C4C=Cc5cccc6c5C4C3C=C6)c1)c1c(C)ccc3ccccc13)C=CCC2. The van der Waals surface area contributed by atoms with E-state index in [-0.39, 0.29) is 6.71 Å². The molecule has 5 aromatic carbocycles. The zero-order chi connectivity index (χ0) is 30.1. The predicted molar refractivity (Wildman–Crippen MR) is 195 cm³/mol. The number of hydrogen-bond donors (Lipinski definition) is 0. The summed E-state index contributed by atoms with van der Waals surface area (Å²) in [5.41, 5.74) is 18.2. The van der Waals surface area contributed by atoms with Crippen LogP contribution in [0.25, 0.3) is 34.6 Å². The van der Waals surface area contributed by atoms with E-state index in [9.17, 15) is 0 Å². The summed E-state index contributed by atoms with van der Waals surface area (Å²) in [6.07, 6.45) is 21.2. The van der Waals surface area contributed by atoms with Gasteiger partial charge in [0.25, 0.3) is 0 Å². The predicted octanol–water partition coefficient (Wildman–Crippen LogP) is 8.71. The number of rotatable bonds is 4. The standard InChI is InChI=1S/C44H35B/c1-28-17-19-30-9-3-5-15-38(30)43(28)45(44-29(2)18-20-31-10-4-6-16-39(31)44)36-14-8-13-35(27-36)37-25-23-34-22-21-32-11-7-12-33-24-26-40(37)42(34)41(32)33/h3,5-9,11-27,40,42H,4,10H2,1-2H3. The van der Waals surface area contributed by atoms with Gasteiger partial charge in [-0.2, -0.15) is 0 Å². The van der Waals surface area contributed by atoms with Crippen molar-refractivity contribution in [2.24, 2.45) is 5.92 Å². The maximum Gasteiger partial charge on any atom is 0.243 e. The molecule has 1 heteroatoms. The van der Waals surface area contributed by atoms with Gasteiger partial charge < -0.3 is 0 Å². The Morgan fingerprint density at radius 2 is 1.51 bits per heavy atom. The van der Waals surface area contributed by atoms with Gasteiger partial charge in [-0.15, -0.1) is 0 Å². The lowest BCUT2D eigenvalue weighted by Gasteiger charge is -2.38. The average molecular weight is 575 g/mol. The van der Waals surface area contributed by atoms with Crippen LogP contribution in [0.3, 0.4) is 0 Å². The summed E-state index contributed by atoms with van der Waals surface area (Å²) in [6.45, 7) is 4.73.